The number of nitrogens with zero attached hydrogens (tertiary/aromatic N) is 3. The molecule has 0 fully saturated rings. The molecule has 7 nitrogen and oxygen atoms in total. The normalized spacial score (nSPS) is 11.4. The fraction of sp³-hybridized carbons (Fsp3) is 0.190. The van der Waals surface area contributed by atoms with E-state index in [0.717, 1.165) is 28.9 Å². The van der Waals surface area contributed by atoms with Crippen molar-refractivity contribution in [1.82, 2.24) is 9.97 Å². The van der Waals surface area contributed by atoms with Crippen LogP contribution in [0.25, 0.3) is 0 Å². The number of fused-ring (bicyclic) bond motifs is 1. The van der Waals surface area contributed by atoms with E-state index in [-0.39, 0.29) is 36.3 Å². The van der Waals surface area contributed by atoms with Crippen molar-refractivity contribution in [1.29, 1.82) is 0 Å². The summed E-state index contributed by atoms with van der Waals surface area (Å²) in [7, 11) is 0. The third-order valence-corrected chi connectivity index (χ3v) is 5.07. The van der Waals surface area contributed by atoms with Gasteiger partial charge in [0.15, 0.2) is 5.75 Å². The van der Waals surface area contributed by atoms with Gasteiger partial charge in [-0.25, -0.2) is 9.78 Å². The number of aryl methyl sites for hydroxylation is 2. The average Bonchev–Trinajstić information content (AvgIpc) is 3.08. The number of urea groups is 1. The maximum atomic E-state index is 12.7. The van der Waals surface area contributed by atoms with Crippen molar-refractivity contribution in [2.45, 2.75) is 20.3 Å². The summed E-state index contributed by atoms with van der Waals surface area (Å²) < 4.78 is 5.73. The molecule has 0 saturated carbocycles. The number of benzene rings is 1. The first-order valence-electron chi connectivity index (χ1n) is 8.94. The molecule has 0 atom stereocenters. The van der Waals surface area contributed by atoms with E-state index in [4.69, 9.17) is 16.3 Å². The summed E-state index contributed by atoms with van der Waals surface area (Å²) in [4.78, 5) is 22.8. The second-order valence-corrected chi connectivity index (χ2v) is 7.04. The van der Waals surface area contributed by atoms with E-state index < -0.39 is 0 Å². The molecule has 0 radical (unpaired) electrons. The van der Waals surface area contributed by atoms with E-state index in [0.29, 0.717) is 28.9 Å². The highest BCUT2D eigenvalue weighted by molar-refractivity contribution is 6.31. The Kier molecular flexibility index (Phi) is 9.52. The van der Waals surface area contributed by atoms with E-state index in [1.165, 1.54) is 0 Å². The van der Waals surface area contributed by atoms with Gasteiger partial charge in [-0.05, 0) is 55.7 Å². The highest BCUT2D eigenvalue weighted by atomic mass is 35.5. The fourth-order valence-electron chi connectivity index (χ4n) is 3.14. The third-order valence-electron chi connectivity index (χ3n) is 4.66. The van der Waals surface area contributed by atoms with Gasteiger partial charge in [-0.15, -0.1) is 24.8 Å². The van der Waals surface area contributed by atoms with Gasteiger partial charge < -0.3 is 15.5 Å². The zero-order chi connectivity index (χ0) is 19.7. The number of ether oxygens (including phenoxy) is 1. The van der Waals surface area contributed by atoms with E-state index >= 15 is 0 Å². The van der Waals surface area contributed by atoms with Gasteiger partial charge in [-0.1, -0.05) is 17.7 Å². The largest absolute Gasteiger partial charge is 0.437 e. The molecule has 1 aromatic carbocycles. The number of halogens is 3. The summed E-state index contributed by atoms with van der Waals surface area (Å²) in [6.07, 6.45) is 4.09. The lowest BCUT2D eigenvalue weighted by molar-refractivity contribution is 0.257. The number of rotatable bonds is 3. The van der Waals surface area contributed by atoms with Crippen LogP contribution in [0.1, 0.15) is 16.8 Å². The molecule has 2 aromatic heterocycles. The molecule has 166 valence electrons. The van der Waals surface area contributed by atoms with Crippen LogP contribution in [0.5, 0.6) is 11.6 Å². The maximum absolute atomic E-state index is 12.7. The first-order valence-corrected chi connectivity index (χ1v) is 9.32. The lowest BCUT2D eigenvalue weighted by atomic mass is 10.1. The van der Waals surface area contributed by atoms with Gasteiger partial charge in [0.25, 0.3) is 0 Å². The van der Waals surface area contributed by atoms with Gasteiger partial charge >= 0.3 is 6.03 Å². The summed E-state index contributed by atoms with van der Waals surface area (Å²) in [5.74, 6) is 1.08. The summed E-state index contributed by atoms with van der Waals surface area (Å²) in [6, 6.07) is 10.8. The fourth-order valence-corrected chi connectivity index (χ4v) is 3.30. The number of hydrogen-bond acceptors (Lipinski definition) is 4. The summed E-state index contributed by atoms with van der Waals surface area (Å²) in [6.45, 7) is 4.45. The molecular weight excluding hydrogens is 463 g/mol. The number of pyridine rings is 2. The minimum atomic E-state index is -0.211. The van der Waals surface area contributed by atoms with Crippen molar-refractivity contribution < 1.29 is 15.0 Å². The number of hydrogen-bond donors (Lipinski definition) is 1. The van der Waals surface area contributed by atoms with Crippen molar-refractivity contribution in [3.05, 3.63) is 70.6 Å². The summed E-state index contributed by atoms with van der Waals surface area (Å²) in [5, 5.41) is 3.53. The average molecular weight is 486 g/mol. The summed E-state index contributed by atoms with van der Waals surface area (Å²) >= 11 is 6.23. The SMILES string of the molecule is Cc1cc2c(cc1Cl)N(C(=O)Nc1ccc(Oc3cccnc3C)nc1)CC2.Cl.Cl.O. The Morgan fingerprint density at radius 1 is 1.16 bits per heavy atom. The Morgan fingerprint density at radius 3 is 2.61 bits per heavy atom. The predicted molar refractivity (Wildman–Crippen MR) is 128 cm³/mol. The van der Waals surface area contributed by atoms with Crippen LogP contribution in [-0.4, -0.2) is 28.0 Å². The highest BCUT2D eigenvalue weighted by Gasteiger charge is 2.25. The molecule has 0 bridgehead atoms. The zero-order valence-corrected chi connectivity index (χ0v) is 19.3. The lowest BCUT2D eigenvalue weighted by Gasteiger charge is -2.18. The van der Waals surface area contributed by atoms with Gasteiger partial charge in [0, 0.05) is 23.8 Å². The van der Waals surface area contributed by atoms with Crippen LogP contribution in [0.15, 0.2) is 48.8 Å². The van der Waals surface area contributed by atoms with Gasteiger partial charge in [-0.2, -0.15) is 0 Å². The standard InChI is InChI=1S/C21H19ClN4O2.2ClH.H2O/c1-13-10-15-7-9-26(18(15)11-17(13)22)21(27)25-16-5-6-20(24-12-16)28-19-4-3-8-23-14(19)2;;;/h3-6,8,10-12H,7,9H2,1-2H3,(H,25,27);2*1H;1H2. The Morgan fingerprint density at radius 2 is 1.94 bits per heavy atom. The predicted octanol–water partition coefficient (Wildman–Crippen LogP) is 5.15. The Bertz CT molecular complexity index is 1050. The molecule has 3 heterocycles. The molecule has 0 unspecified atom stereocenters. The number of amides is 2. The second kappa shape index (κ2) is 11.2. The molecule has 0 spiro atoms. The van der Waals surface area contributed by atoms with Crippen LogP contribution in [0.2, 0.25) is 5.02 Å². The number of carbonyl (C=O) groups is 1. The number of nitrogens with one attached hydrogen (secondary N) is 1. The van der Waals surface area contributed by atoms with E-state index in [1.807, 2.05) is 32.0 Å². The van der Waals surface area contributed by atoms with Crippen molar-refractivity contribution in [3.63, 3.8) is 0 Å². The molecule has 0 aliphatic carbocycles. The van der Waals surface area contributed by atoms with Crippen molar-refractivity contribution in [3.8, 4) is 11.6 Å². The maximum Gasteiger partial charge on any atom is 0.326 e. The van der Waals surface area contributed by atoms with E-state index in [9.17, 15) is 4.79 Å². The first kappa shape index (κ1) is 26.5. The molecule has 2 amide bonds. The molecule has 3 N–H and O–H groups in total. The Labute approximate surface area is 197 Å². The third kappa shape index (κ3) is 5.77. The van der Waals surface area contributed by atoms with Gasteiger partial charge in [0.1, 0.15) is 0 Å². The molecule has 10 heteroatoms. The van der Waals surface area contributed by atoms with Crippen molar-refractivity contribution in [2.75, 3.05) is 16.8 Å². The quantitative estimate of drug-likeness (QED) is 0.554. The number of aromatic nitrogens is 2. The minimum Gasteiger partial charge on any atom is -0.437 e. The van der Waals surface area contributed by atoms with Crippen LogP contribution in [-0.2, 0) is 6.42 Å². The smallest absolute Gasteiger partial charge is 0.326 e. The van der Waals surface area contributed by atoms with Gasteiger partial charge in [-0.3, -0.25) is 9.88 Å². The minimum absolute atomic E-state index is 0. The van der Waals surface area contributed by atoms with E-state index in [1.54, 1.807) is 35.5 Å². The number of anilines is 2. The molecule has 1 aliphatic rings. The van der Waals surface area contributed by atoms with Crippen LogP contribution in [0.4, 0.5) is 16.2 Å². The van der Waals surface area contributed by atoms with Crippen LogP contribution in [0, 0.1) is 13.8 Å². The van der Waals surface area contributed by atoms with Gasteiger partial charge in [0.2, 0.25) is 5.88 Å². The van der Waals surface area contributed by atoms with Crippen LogP contribution >= 0.6 is 36.4 Å². The van der Waals surface area contributed by atoms with E-state index in [2.05, 4.69) is 15.3 Å². The Hall–Kier alpha value is -2.58. The number of carbonyl (C=O) groups excluding carboxylic acids is 1. The Balaban J connectivity index is 0.00000160. The van der Waals surface area contributed by atoms with Crippen molar-refractivity contribution in [2.24, 2.45) is 0 Å². The molecule has 0 saturated heterocycles. The van der Waals surface area contributed by atoms with Crippen LogP contribution in [0.3, 0.4) is 0 Å². The van der Waals surface area contributed by atoms with Crippen molar-refractivity contribution >= 4 is 53.8 Å². The topological polar surface area (TPSA) is 98.9 Å². The second-order valence-electron chi connectivity index (χ2n) is 6.64. The molecule has 31 heavy (non-hydrogen) atoms. The molecule has 4 rings (SSSR count). The highest BCUT2D eigenvalue weighted by Crippen LogP contribution is 2.33. The lowest BCUT2D eigenvalue weighted by Crippen LogP contribution is -2.33. The first-order chi connectivity index (χ1) is 13.5. The molecule has 1 aliphatic heterocycles. The molecule has 3 aromatic rings. The van der Waals surface area contributed by atoms with Crippen LogP contribution < -0.4 is 15.0 Å². The monoisotopic (exact) mass is 484 g/mol. The molecular formula is C21H23Cl3N4O3. The zero-order valence-electron chi connectivity index (χ0n) is 16.9. The van der Waals surface area contributed by atoms with Gasteiger partial charge in [0.05, 0.1) is 23.3 Å². The summed E-state index contributed by atoms with van der Waals surface area (Å²) in [5.41, 5.74) is 4.38.